The van der Waals surface area contributed by atoms with Crippen LogP contribution < -0.4 is 4.74 Å². The predicted molar refractivity (Wildman–Crippen MR) is 44.8 cm³/mol. The van der Waals surface area contributed by atoms with E-state index < -0.39 is 0 Å². The average Bonchev–Trinajstić information content (AvgIpc) is 2.09. The molecule has 0 fully saturated rings. The van der Waals surface area contributed by atoms with Gasteiger partial charge in [0.25, 0.3) is 0 Å². The van der Waals surface area contributed by atoms with Gasteiger partial charge >= 0.3 is 0 Å². The van der Waals surface area contributed by atoms with Crippen molar-refractivity contribution in [1.29, 1.82) is 5.26 Å². The van der Waals surface area contributed by atoms with Crippen molar-refractivity contribution in [1.82, 2.24) is 4.98 Å². The monoisotopic (exact) mass is 162 g/mol. The molecule has 0 atom stereocenters. The first-order valence-electron chi connectivity index (χ1n) is 3.64. The second-order valence-corrected chi connectivity index (χ2v) is 2.49. The molecule has 0 saturated carbocycles. The number of methoxy groups -OCH3 is 1. The minimum atomic E-state index is 0.406. The van der Waals surface area contributed by atoms with Gasteiger partial charge in [0.15, 0.2) is 0 Å². The summed E-state index contributed by atoms with van der Waals surface area (Å²) in [4.78, 5) is 4.00. The number of aryl methyl sites for hydroxylation is 1. The van der Waals surface area contributed by atoms with Crippen molar-refractivity contribution in [3.63, 3.8) is 0 Å². The fraction of sp³-hybridized carbons (Fsp3) is 0.333. The summed E-state index contributed by atoms with van der Waals surface area (Å²) in [7, 11) is 1.58. The standard InChI is InChI=1S/C9H10N2O/c1-7-5-9(12-2)11-6-8(7)3-4-10/h5-6H,3H2,1-2H3. The summed E-state index contributed by atoms with van der Waals surface area (Å²) in [6.45, 7) is 1.94. The fourth-order valence-electron chi connectivity index (χ4n) is 0.940. The molecule has 0 saturated heterocycles. The van der Waals surface area contributed by atoms with E-state index in [1.54, 1.807) is 13.3 Å². The highest BCUT2D eigenvalue weighted by Gasteiger charge is 1.99. The van der Waals surface area contributed by atoms with Gasteiger partial charge in [-0.25, -0.2) is 4.98 Å². The zero-order chi connectivity index (χ0) is 8.97. The van der Waals surface area contributed by atoms with E-state index in [-0.39, 0.29) is 0 Å². The molecule has 0 bridgehead atoms. The molecule has 0 aliphatic heterocycles. The van der Waals surface area contributed by atoms with Crippen molar-refractivity contribution in [2.75, 3.05) is 7.11 Å². The first-order chi connectivity index (χ1) is 5.77. The van der Waals surface area contributed by atoms with Crippen molar-refractivity contribution in [2.24, 2.45) is 0 Å². The predicted octanol–water partition coefficient (Wildman–Crippen LogP) is 1.46. The maximum absolute atomic E-state index is 8.46. The summed E-state index contributed by atoms with van der Waals surface area (Å²) < 4.78 is 4.93. The van der Waals surface area contributed by atoms with Gasteiger partial charge in [0.2, 0.25) is 5.88 Å². The molecule has 0 spiro atoms. The Hall–Kier alpha value is -1.56. The molecular weight excluding hydrogens is 152 g/mol. The number of nitrogens with zero attached hydrogens (tertiary/aromatic N) is 2. The van der Waals surface area contributed by atoms with Crippen LogP contribution in [0.1, 0.15) is 11.1 Å². The van der Waals surface area contributed by atoms with E-state index in [4.69, 9.17) is 10.00 Å². The van der Waals surface area contributed by atoms with Crippen LogP contribution in [0.15, 0.2) is 12.3 Å². The van der Waals surface area contributed by atoms with Crippen molar-refractivity contribution < 1.29 is 4.74 Å². The van der Waals surface area contributed by atoms with E-state index in [0.29, 0.717) is 12.3 Å². The molecule has 0 radical (unpaired) electrons. The molecule has 0 N–H and O–H groups in total. The summed E-state index contributed by atoms with van der Waals surface area (Å²) >= 11 is 0. The lowest BCUT2D eigenvalue weighted by Gasteiger charge is -2.02. The van der Waals surface area contributed by atoms with Crippen LogP contribution in [-0.2, 0) is 6.42 Å². The molecular formula is C9H10N2O. The smallest absolute Gasteiger partial charge is 0.213 e. The normalized spacial score (nSPS) is 9.08. The third kappa shape index (κ3) is 1.73. The quantitative estimate of drug-likeness (QED) is 0.661. The van der Waals surface area contributed by atoms with Gasteiger partial charge in [0, 0.05) is 12.3 Å². The maximum Gasteiger partial charge on any atom is 0.213 e. The van der Waals surface area contributed by atoms with Crippen LogP contribution in [0.5, 0.6) is 5.88 Å². The molecule has 0 aliphatic rings. The van der Waals surface area contributed by atoms with Gasteiger partial charge in [0.05, 0.1) is 19.6 Å². The summed E-state index contributed by atoms with van der Waals surface area (Å²) in [5.74, 6) is 0.592. The van der Waals surface area contributed by atoms with Crippen molar-refractivity contribution in [3.8, 4) is 11.9 Å². The van der Waals surface area contributed by atoms with Gasteiger partial charge in [0.1, 0.15) is 0 Å². The van der Waals surface area contributed by atoms with E-state index in [9.17, 15) is 0 Å². The highest BCUT2D eigenvalue weighted by Crippen LogP contribution is 2.13. The molecule has 0 unspecified atom stereocenters. The van der Waals surface area contributed by atoms with E-state index in [1.165, 1.54) is 0 Å². The lowest BCUT2D eigenvalue weighted by atomic mass is 10.1. The van der Waals surface area contributed by atoms with E-state index in [1.807, 2.05) is 13.0 Å². The largest absolute Gasteiger partial charge is 0.481 e. The summed E-state index contributed by atoms with van der Waals surface area (Å²) in [5, 5.41) is 8.46. The van der Waals surface area contributed by atoms with Gasteiger partial charge in [-0.15, -0.1) is 0 Å². The highest BCUT2D eigenvalue weighted by molar-refractivity contribution is 5.29. The molecule has 1 rings (SSSR count). The molecule has 1 aromatic rings. The number of hydrogen-bond acceptors (Lipinski definition) is 3. The minimum absolute atomic E-state index is 0.406. The topological polar surface area (TPSA) is 45.9 Å². The molecule has 12 heavy (non-hydrogen) atoms. The summed E-state index contributed by atoms with van der Waals surface area (Å²) in [5.41, 5.74) is 2.00. The second-order valence-electron chi connectivity index (χ2n) is 2.49. The Bertz CT molecular complexity index is 315. The Morgan fingerprint density at radius 2 is 2.42 bits per heavy atom. The number of rotatable bonds is 2. The van der Waals surface area contributed by atoms with Crippen LogP contribution in [0, 0.1) is 18.3 Å². The van der Waals surface area contributed by atoms with Crippen LogP contribution in [0.4, 0.5) is 0 Å². The first-order valence-corrected chi connectivity index (χ1v) is 3.64. The van der Waals surface area contributed by atoms with Crippen molar-refractivity contribution >= 4 is 0 Å². The van der Waals surface area contributed by atoms with Gasteiger partial charge in [-0.3, -0.25) is 0 Å². The van der Waals surface area contributed by atoms with Crippen LogP contribution in [-0.4, -0.2) is 12.1 Å². The lowest BCUT2D eigenvalue weighted by Crippen LogP contribution is -1.93. The van der Waals surface area contributed by atoms with Crippen LogP contribution in [0.3, 0.4) is 0 Å². The number of nitriles is 1. The highest BCUT2D eigenvalue weighted by atomic mass is 16.5. The molecule has 3 heteroatoms. The Morgan fingerprint density at radius 3 is 2.92 bits per heavy atom. The second kappa shape index (κ2) is 3.72. The Kier molecular flexibility index (Phi) is 2.65. The molecule has 1 aromatic heterocycles. The van der Waals surface area contributed by atoms with Crippen LogP contribution >= 0.6 is 0 Å². The third-order valence-electron chi connectivity index (χ3n) is 1.67. The summed E-state index contributed by atoms with van der Waals surface area (Å²) in [6.07, 6.45) is 2.08. The zero-order valence-corrected chi connectivity index (χ0v) is 7.16. The van der Waals surface area contributed by atoms with Gasteiger partial charge in [-0.2, -0.15) is 5.26 Å². The maximum atomic E-state index is 8.46. The lowest BCUT2D eigenvalue weighted by molar-refractivity contribution is 0.397. The third-order valence-corrected chi connectivity index (χ3v) is 1.67. The Balaban J connectivity index is 2.97. The first kappa shape index (κ1) is 8.54. The van der Waals surface area contributed by atoms with Gasteiger partial charge in [-0.05, 0) is 18.1 Å². The number of pyridine rings is 1. The van der Waals surface area contributed by atoms with Crippen molar-refractivity contribution in [3.05, 3.63) is 23.4 Å². The molecule has 1 heterocycles. The molecule has 0 aliphatic carbocycles. The van der Waals surface area contributed by atoms with Crippen molar-refractivity contribution in [2.45, 2.75) is 13.3 Å². The molecule has 62 valence electrons. The van der Waals surface area contributed by atoms with Crippen LogP contribution in [0.25, 0.3) is 0 Å². The minimum Gasteiger partial charge on any atom is -0.481 e. The summed E-state index contributed by atoms with van der Waals surface area (Å²) in [6, 6.07) is 3.91. The zero-order valence-electron chi connectivity index (χ0n) is 7.16. The number of aromatic nitrogens is 1. The Morgan fingerprint density at radius 1 is 1.67 bits per heavy atom. The van der Waals surface area contributed by atoms with Crippen LogP contribution in [0.2, 0.25) is 0 Å². The number of ether oxygens (including phenoxy) is 1. The average molecular weight is 162 g/mol. The fourth-order valence-corrected chi connectivity index (χ4v) is 0.940. The van der Waals surface area contributed by atoms with E-state index in [2.05, 4.69) is 11.1 Å². The number of hydrogen-bond donors (Lipinski definition) is 0. The molecule has 3 nitrogen and oxygen atoms in total. The van der Waals surface area contributed by atoms with E-state index in [0.717, 1.165) is 11.1 Å². The van der Waals surface area contributed by atoms with Gasteiger partial charge < -0.3 is 4.74 Å². The SMILES string of the molecule is COc1cc(C)c(CC#N)cn1. The molecule has 0 amide bonds. The van der Waals surface area contributed by atoms with E-state index >= 15 is 0 Å². The molecule has 0 aromatic carbocycles. The Labute approximate surface area is 71.6 Å². The van der Waals surface area contributed by atoms with Gasteiger partial charge in [-0.1, -0.05) is 0 Å².